The van der Waals surface area contributed by atoms with Crippen molar-refractivity contribution in [3.8, 4) is 11.4 Å². The number of hydrogen-bond acceptors (Lipinski definition) is 5. The number of carbonyl (C=O) groups is 1. The Balaban J connectivity index is 1.57. The van der Waals surface area contributed by atoms with Crippen LogP contribution in [0.4, 0.5) is 0 Å². The van der Waals surface area contributed by atoms with E-state index >= 15 is 0 Å². The van der Waals surface area contributed by atoms with Gasteiger partial charge in [0.25, 0.3) is 5.91 Å². The van der Waals surface area contributed by atoms with Gasteiger partial charge in [-0.25, -0.2) is 5.43 Å². The molecule has 3 rings (SSSR count). The second-order valence-electron chi connectivity index (χ2n) is 6.59. The van der Waals surface area contributed by atoms with Crippen molar-refractivity contribution in [2.24, 2.45) is 5.10 Å². The van der Waals surface area contributed by atoms with Gasteiger partial charge in [-0.3, -0.25) is 4.79 Å². The van der Waals surface area contributed by atoms with Gasteiger partial charge < -0.3 is 4.57 Å². The number of aromatic nitrogens is 3. The van der Waals surface area contributed by atoms with Crippen LogP contribution >= 0.6 is 11.8 Å². The summed E-state index contributed by atoms with van der Waals surface area (Å²) in [5, 5.41) is 13.3. The number of thioether (sulfide) groups is 1. The Kier molecular flexibility index (Phi) is 7.19. The molecule has 0 fully saturated rings. The number of hydrazone groups is 1. The molecule has 1 N–H and O–H groups in total. The van der Waals surface area contributed by atoms with E-state index in [4.69, 9.17) is 0 Å². The first-order chi connectivity index (χ1) is 14.1. The smallest absolute Gasteiger partial charge is 0.250 e. The molecule has 0 atom stereocenters. The number of rotatable bonds is 8. The highest BCUT2D eigenvalue weighted by atomic mass is 32.2. The molecular weight excluding hydrogens is 382 g/mol. The second-order valence-corrected chi connectivity index (χ2v) is 7.54. The number of amides is 1. The third-order valence-corrected chi connectivity index (χ3v) is 5.43. The molecule has 3 aromatic rings. The van der Waals surface area contributed by atoms with Crippen LogP contribution in [0.5, 0.6) is 0 Å². The molecule has 1 amide bonds. The third-order valence-electron chi connectivity index (χ3n) is 4.47. The maximum Gasteiger partial charge on any atom is 0.250 e. The maximum absolute atomic E-state index is 12.1. The summed E-state index contributed by atoms with van der Waals surface area (Å²) < 4.78 is 2.02. The van der Waals surface area contributed by atoms with Crippen LogP contribution in [0.25, 0.3) is 11.4 Å². The van der Waals surface area contributed by atoms with Crippen molar-refractivity contribution in [3.05, 3.63) is 65.2 Å². The lowest BCUT2D eigenvalue weighted by atomic mass is 10.1. The van der Waals surface area contributed by atoms with Crippen LogP contribution in [0.15, 0.2) is 58.8 Å². The van der Waals surface area contributed by atoms with E-state index in [2.05, 4.69) is 58.8 Å². The molecule has 0 bridgehead atoms. The van der Waals surface area contributed by atoms with Gasteiger partial charge in [0.1, 0.15) is 0 Å². The largest absolute Gasteiger partial charge is 0.302 e. The molecule has 0 unspecified atom stereocenters. The van der Waals surface area contributed by atoms with Gasteiger partial charge >= 0.3 is 0 Å². The standard InChI is InChI=1S/C22H25N5OS/c1-4-17-8-10-18(11-9-17)14-23-24-20(28)15-29-22-26-25-21(27(22)5-2)19-12-6-16(3)7-13-19/h6-14H,4-5,15H2,1-3H3,(H,24,28). The molecule has 0 aliphatic rings. The second kappa shape index (κ2) is 10.0. The molecule has 6 nitrogen and oxygen atoms in total. The van der Waals surface area contributed by atoms with E-state index in [9.17, 15) is 4.79 Å². The lowest BCUT2D eigenvalue weighted by Gasteiger charge is -2.07. The van der Waals surface area contributed by atoms with Crippen molar-refractivity contribution in [1.82, 2.24) is 20.2 Å². The number of carbonyl (C=O) groups excluding carboxylic acids is 1. The van der Waals surface area contributed by atoms with E-state index in [1.54, 1.807) is 6.21 Å². The summed E-state index contributed by atoms with van der Waals surface area (Å²) in [6.07, 6.45) is 2.64. The first-order valence-corrected chi connectivity index (χ1v) is 10.6. The molecule has 0 aliphatic heterocycles. The van der Waals surface area contributed by atoms with Gasteiger partial charge in [-0.15, -0.1) is 10.2 Å². The summed E-state index contributed by atoms with van der Waals surface area (Å²) in [6.45, 7) is 6.94. The molecule has 0 saturated carbocycles. The van der Waals surface area contributed by atoms with Crippen molar-refractivity contribution in [3.63, 3.8) is 0 Å². The van der Waals surface area contributed by atoms with Crippen LogP contribution in [-0.4, -0.2) is 32.6 Å². The molecule has 0 saturated heterocycles. The lowest BCUT2D eigenvalue weighted by molar-refractivity contribution is -0.118. The SMILES string of the molecule is CCc1ccc(C=NNC(=O)CSc2nnc(-c3ccc(C)cc3)n2CC)cc1. The zero-order valence-corrected chi connectivity index (χ0v) is 17.7. The van der Waals surface area contributed by atoms with Crippen molar-refractivity contribution in [1.29, 1.82) is 0 Å². The van der Waals surface area contributed by atoms with Crippen LogP contribution in [-0.2, 0) is 17.8 Å². The Morgan fingerprint density at radius 2 is 1.83 bits per heavy atom. The number of nitrogens with one attached hydrogen (secondary N) is 1. The molecular formula is C22H25N5OS. The van der Waals surface area contributed by atoms with E-state index in [0.29, 0.717) is 0 Å². The first-order valence-electron chi connectivity index (χ1n) is 9.64. The van der Waals surface area contributed by atoms with Crippen molar-refractivity contribution >= 4 is 23.9 Å². The van der Waals surface area contributed by atoms with Gasteiger partial charge in [0.15, 0.2) is 11.0 Å². The zero-order chi connectivity index (χ0) is 20.6. The predicted molar refractivity (Wildman–Crippen MR) is 118 cm³/mol. The topological polar surface area (TPSA) is 72.2 Å². The van der Waals surface area contributed by atoms with Gasteiger partial charge in [0, 0.05) is 12.1 Å². The normalized spacial score (nSPS) is 11.1. The molecule has 150 valence electrons. The van der Waals surface area contributed by atoms with Crippen LogP contribution in [0, 0.1) is 6.92 Å². The molecule has 0 spiro atoms. The van der Waals surface area contributed by atoms with Crippen LogP contribution in [0.3, 0.4) is 0 Å². The Labute approximate surface area is 175 Å². The molecule has 2 aromatic carbocycles. The van der Waals surface area contributed by atoms with E-state index in [1.807, 2.05) is 35.8 Å². The van der Waals surface area contributed by atoms with Gasteiger partial charge in [0.2, 0.25) is 0 Å². The molecule has 29 heavy (non-hydrogen) atoms. The minimum Gasteiger partial charge on any atom is -0.302 e. The zero-order valence-electron chi connectivity index (χ0n) is 16.9. The Bertz CT molecular complexity index is 977. The lowest BCUT2D eigenvalue weighted by Crippen LogP contribution is -2.20. The van der Waals surface area contributed by atoms with Crippen LogP contribution < -0.4 is 5.43 Å². The van der Waals surface area contributed by atoms with E-state index in [0.717, 1.165) is 35.1 Å². The van der Waals surface area contributed by atoms with Crippen molar-refractivity contribution in [2.75, 3.05) is 5.75 Å². The first kappa shape index (κ1) is 20.8. The van der Waals surface area contributed by atoms with Crippen LogP contribution in [0.1, 0.15) is 30.5 Å². The molecule has 1 heterocycles. The maximum atomic E-state index is 12.1. The number of nitrogens with zero attached hydrogens (tertiary/aromatic N) is 4. The third kappa shape index (κ3) is 5.54. The fraction of sp³-hybridized carbons (Fsp3) is 0.273. The van der Waals surface area contributed by atoms with Crippen molar-refractivity contribution in [2.45, 2.75) is 38.9 Å². The Hall–Kier alpha value is -2.93. The number of hydrogen-bond donors (Lipinski definition) is 1. The van der Waals surface area contributed by atoms with Crippen LogP contribution in [0.2, 0.25) is 0 Å². The highest BCUT2D eigenvalue weighted by molar-refractivity contribution is 7.99. The van der Waals surface area contributed by atoms with Gasteiger partial charge in [-0.2, -0.15) is 5.10 Å². The Morgan fingerprint density at radius 3 is 2.48 bits per heavy atom. The quantitative estimate of drug-likeness (QED) is 0.347. The van der Waals surface area contributed by atoms with E-state index in [1.165, 1.54) is 22.9 Å². The van der Waals surface area contributed by atoms with Crippen molar-refractivity contribution < 1.29 is 4.79 Å². The minimum absolute atomic E-state index is 0.182. The highest BCUT2D eigenvalue weighted by Gasteiger charge is 2.14. The Morgan fingerprint density at radius 1 is 1.10 bits per heavy atom. The fourth-order valence-corrected chi connectivity index (χ4v) is 3.57. The monoisotopic (exact) mass is 407 g/mol. The summed E-state index contributed by atoms with van der Waals surface area (Å²) in [7, 11) is 0. The highest BCUT2D eigenvalue weighted by Crippen LogP contribution is 2.24. The summed E-state index contributed by atoms with van der Waals surface area (Å²) in [6, 6.07) is 16.3. The molecule has 0 radical (unpaired) electrons. The fourth-order valence-electron chi connectivity index (χ4n) is 2.78. The molecule has 1 aromatic heterocycles. The van der Waals surface area contributed by atoms with Gasteiger partial charge in [-0.1, -0.05) is 72.8 Å². The summed E-state index contributed by atoms with van der Waals surface area (Å²) in [5.74, 6) is 0.848. The summed E-state index contributed by atoms with van der Waals surface area (Å²) >= 11 is 1.35. The number of aryl methyl sites for hydroxylation is 2. The summed E-state index contributed by atoms with van der Waals surface area (Å²) in [5.41, 5.74) is 7.00. The average molecular weight is 408 g/mol. The predicted octanol–water partition coefficient (Wildman–Crippen LogP) is 4.08. The molecule has 0 aliphatic carbocycles. The summed E-state index contributed by atoms with van der Waals surface area (Å²) in [4.78, 5) is 12.1. The minimum atomic E-state index is -0.182. The van der Waals surface area contributed by atoms with E-state index < -0.39 is 0 Å². The van der Waals surface area contributed by atoms with Gasteiger partial charge in [0.05, 0.1) is 12.0 Å². The number of benzene rings is 2. The van der Waals surface area contributed by atoms with Gasteiger partial charge in [-0.05, 0) is 31.4 Å². The van der Waals surface area contributed by atoms with E-state index in [-0.39, 0.29) is 11.7 Å². The molecule has 7 heteroatoms. The average Bonchev–Trinajstić information content (AvgIpc) is 3.16.